The van der Waals surface area contributed by atoms with E-state index in [1.807, 2.05) is 0 Å². The number of hydrogen-bond donors (Lipinski definition) is 2. The molecule has 2 saturated heterocycles. The van der Waals surface area contributed by atoms with Gasteiger partial charge >= 0.3 is 0 Å². The van der Waals surface area contributed by atoms with E-state index in [9.17, 15) is 4.79 Å². The van der Waals surface area contributed by atoms with E-state index in [-0.39, 0.29) is 5.92 Å². The van der Waals surface area contributed by atoms with E-state index in [0.717, 1.165) is 45.3 Å². The summed E-state index contributed by atoms with van der Waals surface area (Å²) in [6.45, 7) is 7.05. The van der Waals surface area contributed by atoms with Crippen LogP contribution >= 0.6 is 0 Å². The summed E-state index contributed by atoms with van der Waals surface area (Å²) in [6.07, 6.45) is 4.06. The molecular formula is C19H29N3O. The minimum Gasteiger partial charge on any atom is -0.382 e. The number of nitrogens with zero attached hydrogens (tertiary/aromatic N) is 1. The Labute approximate surface area is 139 Å². The lowest BCUT2D eigenvalue weighted by atomic mass is 9.91. The molecule has 1 aromatic carbocycles. The molecule has 1 aromatic rings. The quantitative estimate of drug-likeness (QED) is 0.901. The van der Waals surface area contributed by atoms with Crippen LogP contribution in [0.3, 0.4) is 0 Å². The third kappa shape index (κ3) is 4.25. The van der Waals surface area contributed by atoms with Gasteiger partial charge in [0.1, 0.15) is 0 Å². The summed E-state index contributed by atoms with van der Waals surface area (Å²) in [5.41, 5.74) is 2.48. The summed E-state index contributed by atoms with van der Waals surface area (Å²) in [6, 6.07) is 9.47. The molecule has 0 aliphatic carbocycles. The van der Waals surface area contributed by atoms with Gasteiger partial charge in [-0.25, -0.2) is 0 Å². The molecule has 2 N–H and O–H groups in total. The molecule has 0 spiro atoms. The van der Waals surface area contributed by atoms with Crippen LogP contribution in [0.25, 0.3) is 0 Å². The van der Waals surface area contributed by atoms with Crippen LogP contribution in [0.15, 0.2) is 24.3 Å². The first-order chi connectivity index (χ1) is 11.1. The fourth-order valence-electron chi connectivity index (χ4n) is 3.83. The molecule has 1 amide bonds. The Morgan fingerprint density at radius 1 is 1.26 bits per heavy atom. The zero-order chi connectivity index (χ0) is 16.2. The molecule has 23 heavy (non-hydrogen) atoms. The Bertz CT molecular complexity index is 537. The number of amides is 1. The number of rotatable bonds is 3. The molecule has 4 heteroatoms. The SMILES string of the molecule is Cc1cccc(NC2CCN(C(=O)[C@H]3CCN[C@@H](C)C3)CC2)c1. The first-order valence-electron chi connectivity index (χ1n) is 8.97. The van der Waals surface area contributed by atoms with Crippen LogP contribution in [0, 0.1) is 12.8 Å². The van der Waals surface area contributed by atoms with Crippen molar-refractivity contribution in [3.8, 4) is 0 Å². The Hall–Kier alpha value is -1.55. The monoisotopic (exact) mass is 315 g/mol. The Balaban J connectivity index is 1.49. The second-order valence-electron chi connectivity index (χ2n) is 7.19. The van der Waals surface area contributed by atoms with Crippen LogP contribution in [0.4, 0.5) is 5.69 Å². The smallest absolute Gasteiger partial charge is 0.225 e. The van der Waals surface area contributed by atoms with E-state index in [4.69, 9.17) is 0 Å². The standard InChI is InChI=1S/C19H29N3O/c1-14-4-3-5-18(12-14)21-17-7-10-22(11-8-17)19(23)16-6-9-20-15(2)13-16/h3-5,12,15-17,20-21H,6-11,13H2,1-2H3/t15-,16-/m0/s1. The molecule has 0 unspecified atom stereocenters. The number of piperidine rings is 2. The number of benzene rings is 1. The average molecular weight is 315 g/mol. The topological polar surface area (TPSA) is 44.4 Å². The highest BCUT2D eigenvalue weighted by Crippen LogP contribution is 2.23. The number of aryl methyl sites for hydroxylation is 1. The molecule has 2 fully saturated rings. The van der Waals surface area contributed by atoms with Gasteiger partial charge in [-0.1, -0.05) is 12.1 Å². The van der Waals surface area contributed by atoms with Gasteiger partial charge in [-0.2, -0.15) is 0 Å². The summed E-state index contributed by atoms with van der Waals surface area (Å²) < 4.78 is 0. The van der Waals surface area contributed by atoms with Gasteiger partial charge in [0.2, 0.25) is 5.91 Å². The van der Waals surface area contributed by atoms with Crippen molar-refractivity contribution in [1.29, 1.82) is 0 Å². The predicted molar refractivity (Wildman–Crippen MR) is 94.6 cm³/mol. The third-order valence-corrected chi connectivity index (χ3v) is 5.17. The molecule has 0 radical (unpaired) electrons. The van der Waals surface area contributed by atoms with Crippen molar-refractivity contribution >= 4 is 11.6 Å². The Kier molecular flexibility index (Phi) is 5.21. The zero-order valence-electron chi connectivity index (χ0n) is 14.3. The fourth-order valence-corrected chi connectivity index (χ4v) is 3.83. The molecular weight excluding hydrogens is 286 g/mol. The molecule has 2 atom stereocenters. The van der Waals surface area contributed by atoms with Gasteiger partial charge in [-0.3, -0.25) is 4.79 Å². The summed E-state index contributed by atoms with van der Waals surface area (Å²) >= 11 is 0. The highest BCUT2D eigenvalue weighted by atomic mass is 16.2. The van der Waals surface area contributed by atoms with E-state index in [0.29, 0.717) is 18.0 Å². The molecule has 0 aromatic heterocycles. The first-order valence-corrected chi connectivity index (χ1v) is 8.97. The Morgan fingerprint density at radius 3 is 2.74 bits per heavy atom. The maximum atomic E-state index is 12.7. The van der Waals surface area contributed by atoms with Crippen LogP contribution < -0.4 is 10.6 Å². The second kappa shape index (κ2) is 7.35. The minimum absolute atomic E-state index is 0.229. The molecule has 3 rings (SSSR count). The summed E-state index contributed by atoms with van der Waals surface area (Å²) in [5.74, 6) is 0.611. The molecule has 4 nitrogen and oxygen atoms in total. The van der Waals surface area contributed by atoms with E-state index >= 15 is 0 Å². The Morgan fingerprint density at radius 2 is 2.04 bits per heavy atom. The van der Waals surface area contributed by atoms with Gasteiger partial charge in [0.15, 0.2) is 0 Å². The van der Waals surface area contributed by atoms with Crippen molar-refractivity contribution in [1.82, 2.24) is 10.2 Å². The number of anilines is 1. The highest BCUT2D eigenvalue weighted by molar-refractivity contribution is 5.79. The van der Waals surface area contributed by atoms with Crippen molar-refractivity contribution in [2.24, 2.45) is 5.92 Å². The normalized spacial score (nSPS) is 26.1. The van der Waals surface area contributed by atoms with Crippen molar-refractivity contribution in [3.63, 3.8) is 0 Å². The number of carbonyl (C=O) groups excluding carboxylic acids is 1. The molecule has 0 saturated carbocycles. The lowest BCUT2D eigenvalue weighted by Gasteiger charge is -2.37. The van der Waals surface area contributed by atoms with Crippen molar-refractivity contribution in [2.75, 3.05) is 25.0 Å². The van der Waals surface area contributed by atoms with Crippen LogP contribution in [-0.2, 0) is 4.79 Å². The maximum Gasteiger partial charge on any atom is 0.225 e. The van der Waals surface area contributed by atoms with Gasteiger partial charge in [0, 0.05) is 36.8 Å². The highest BCUT2D eigenvalue weighted by Gasteiger charge is 2.30. The van der Waals surface area contributed by atoms with Gasteiger partial charge in [-0.05, 0) is 63.8 Å². The summed E-state index contributed by atoms with van der Waals surface area (Å²) in [4.78, 5) is 14.8. The van der Waals surface area contributed by atoms with Crippen LogP contribution in [0.5, 0.6) is 0 Å². The molecule has 2 aliphatic rings. The summed E-state index contributed by atoms with van der Waals surface area (Å²) in [5, 5.41) is 7.05. The van der Waals surface area contributed by atoms with Crippen LogP contribution in [-0.4, -0.2) is 42.5 Å². The largest absolute Gasteiger partial charge is 0.382 e. The number of nitrogens with one attached hydrogen (secondary N) is 2. The fraction of sp³-hybridized carbons (Fsp3) is 0.632. The van der Waals surface area contributed by atoms with Crippen LogP contribution in [0.2, 0.25) is 0 Å². The minimum atomic E-state index is 0.229. The van der Waals surface area contributed by atoms with Crippen molar-refractivity contribution < 1.29 is 4.79 Å². The van der Waals surface area contributed by atoms with Crippen molar-refractivity contribution in [2.45, 2.75) is 51.6 Å². The molecule has 0 bridgehead atoms. The lowest BCUT2D eigenvalue weighted by Crippen LogP contribution is -2.48. The van der Waals surface area contributed by atoms with E-state index in [1.165, 1.54) is 11.3 Å². The van der Waals surface area contributed by atoms with Gasteiger partial charge < -0.3 is 15.5 Å². The van der Waals surface area contributed by atoms with Gasteiger partial charge in [0.05, 0.1) is 0 Å². The van der Waals surface area contributed by atoms with E-state index in [2.05, 4.69) is 53.6 Å². The van der Waals surface area contributed by atoms with E-state index < -0.39 is 0 Å². The van der Waals surface area contributed by atoms with Crippen molar-refractivity contribution in [3.05, 3.63) is 29.8 Å². The first kappa shape index (κ1) is 16.3. The lowest BCUT2D eigenvalue weighted by molar-refractivity contribution is -0.137. The third-order valence-electron chi connectivity index (χ3n) is 5.17. The number of likely N-dealkylation sites (tertiary alicyclic amines) is 1. The molecule has 2 aliphatic heterocycles. The number of carbonyl (C=O) groups is 1. The predicted octanol–water partition coefficient (Wildman–Crippen LogP) is 2.79. The maximum absolute atomic E-state index is 12.7. The van der Waals surface area contributed by atoms with E-state index in [1.54, 1.807) is 0 Å². The molecule has 2 heterocycles. The summed E-state index contributed by atoms with van der Waals surface area (Å²) in [7, 11) is 0. The van der Waals surface area contributed by atoms with Gasteiger partial charge in [-0.15, -0.1) is 0 Å². The zero-order valence-corrected chi connectivity index (χ0v) is 14.3. The number of hydrogen-bond acceptors (Lipinski definition) is 3. The molecule has 126 valence electrons. The second-order valence-corrected chi connectivity index (χ2v) is 7.19. The van der Waals surface area contributed by atoms with Gasteiger partial charge in [0.25, 0.3) is 0 Å². The average Bonchev–Trinajstić information content (AvgIpc) is 2.55. The van der Waals surface area contributed by atoms with Crippen LogP contribution in [0.1, 0.15) is 38.2 Å².